The van der Waals surface area contributed by atoms with Crippen molar-refractivity contribution in [3.63, 3.8) is 0 Å². The van der Waals surface area contributed by atoms with E-state index in [4.69, 9.17) is 11.0 Å². The van der Waals surface area contributed by atoms with Gasteiger partial charge in [0.05, 0.1) is 22.3 Å². The molecule has 10 heteroatoms. The molecule has 0 saturated carbocycles. The van der Waals surface area contributed by atoms with Crippen molar-refractivity contribution in [1.29, 1.82) is 5.26 Å². The zero-order chi connectivity index (χ0) is 27.2. The van der Waals surface area contributed by atoms with Crippen LogP contribution < -0.4 is 10.6 Å². The number of hydrogen-bond donors (Lipinski definition) is 1. The summed E-state index contributed by atoms with van der Waals surface area (Å²) in [6.07, 6.45) is -3.39. The van der Waals surface area contributed by atoms with E-state index in [1.807, 2.05) is 11.8 Å². The first-order chi connectivity index (χ1) is 18.0. The number of halogens is 5. The lowest BCUT2D eigenvalue weighted by molar-refractivity contribution is -0.137. The minimum absolute atomic E-state index is 0.0217. The quantitative estimate of drug-likeness (QED) is 0.312. The van der Waals surface area contributed by atoms with Gasteiger partial charge in [0.1, 0.15) is 17.7 Å². The van der Waals surface area contributed by atoms with Gasteiger partial charge in [-0.25, -0.2) is 18.7 Å². The minimum atomic E-state index is -4.78. The van der Waals surface area contributed by atoms with E-state index in [0.717, 1.165) is 24.3 Å². The van der Waals surface area contributed by atoms with Gasteiger partial charge in [-0.15, -0.1) is 0 Å². The van der Waals surface area contributed by atoms with E-state index in [1.165, 1.54) is 30.3 Å². The first kappa shape index (κ1) is 25.5. The van der Waals surface area contributed by atoms with Gasteiger partial charge in [-0.1, -0.05) is 18.2 Å². The topological polar surface area (TPSA) is 78.8 Å². The van der Waals surface area contributed by atoms with E-state index in [2.05, 4.69) is 9.97 Å². The number of anilines is 1. The zero-order valence-electron chi connectivity index (χ0n) is 20.3. The third-order valence-corrected chi connectivity index (χ3v) is 6.84. The highest BCUT2D eigenvalue weighted by molar-refractivity contribution is 5.96. The largest absolute Gasteiger partial charge is 0.417 e. The highest BCUT2D eigenvalue weighted by Crippen LogP contribution is 2.40. The van der Waals surface area contributed by atoms with Gasteiger partial charge in [0.25, 0.3) is 0 Å². The number of rotatable bonds is 3. The number of fused-ring (bicyclic) bond motifs is 1. The number of hydrogen-bond acceptors (Lipinski definition) is 5. The van der Waals surface area contributed by atoms with Crippen LogP contribution in [0.5, 0.6) is 0 Å². The predicted molar refractivity (Wildman–Crippen MR) is 134 cm³/mol. The summed E-state index contributed by atoms with van der Waals surface area (Å²) in [5.41, 5.74) is 4.99. The lowest BCUT2D eigenvalue weighted by atomic mass is 9.91. The van der Waals surface area contributed by atoms with Gasteiger partial charge in [0.2, 0.25) is 5.95 Å². The Morgan fingerprint density at radius 2 is 1.66 bits per heavy atom. The van der Waals surface area contributed by atoms with E-state index in [-0.39, 0.29) is 22.4 Å². The van der Waals surface area contributed by atoms with Gasteiger partial charge in [-0.05, 0) is 61.7 Å². The number of piperidine rings is 1. The van der Waals surface area contributed by atoms with Crippen LogP contribution in [0.2, 0.25) is 0 Å². The Morgan fingerprint density at radius 3 is 2.32 bits per heavy atom. The molecule has 0 bridgehead atoms. The van der Waals surface area contributed by atoms with Crippen molar-refractivity contribution in [2.75, 3.05) is 18.0 Å². The lowest BCUT2D eigenvalue weighted by Crippen LogP contribution is -2.48. The van der Waals surface area contributed by atoms with Gasteiger partial charge in [0, 0.05) is 35.1 Å². The molecule has 38 heavy (non-hydrogen) atoms. The molecular weight excluding hydrogens is 501 g/mol. The van der Waals surface area contributed by atoms with Crippen LogP contribution in [-0.2, 0) is 6.18 Å². The molecule has 0 atom stereocenters. The molecule has 194 valence electrons. The van der Waals surface area contributed by atoms with E-state index >= 15 is 0 Å². The molecule has 0 amide bonds. The summed E-state index contributed by atoms with van der Waals surface area (Å²) in [4.78, 5) is 11.3. The third-order valence-electron chi connectivity index (χ3n) is 6.84. The molecule has 1 aliphatic heterocycles. The molecule has 2 N–H and O–H groups in total. The van der Waals surface area contributed by atoms with Crippen molar-refractivity contribution >= 4 is 16.9 Å². The average Bonchev–Trinajstić information content (AvgIpc) is 2.87. The number of alkyl halides is 3. The van der Waals surface area contributed by atoms with Crippen molar-refractivity contribution in [1.82, 2.24) is 9.97 Å². The Morgan fingerprint density at radius 1 is 0.947 bits per heavy atom. The number of benzene rings is 3. The fourth-order valence-corrected chi connectivity index (χ4v) is 4.66. The Balaban J connectivity index is 1.73. The van der Waals surface area contributed by atoms with Crippen LogP contribution >= 0.6 is 0 Å². The number of nitriles is 1. The van der Waals surface area contributed by atoms with E-state index in [1.54, 1.807) is 6.07 Å². The second-order valence-electron chi connectivity index (χ2n) is 9.71. The van der Waals surface area contributed by atoms with Crippen LogP contribution in [0.15, 0.2) is 54.6 Å². The maximum absolute atomic E-state index is 14.8. The second kappa shape index (κ2) is 9.33. The monoisotopic (exact) mass is 523 g/mol. The number of nitrogens with two attached hydrogens (primary N) is 1. The highest BCUT2D eigenvalue weighted by Gasteiger charge is 2.35. The fourth-order valence-electron chi connectivity index (χ4n) is 4.66. The molecule has 0 spiro atoms. The molecule has 5 rings (SSSR count). The van der Waals surface area contributed by atoms with Gasteiger partial charge >= 0.3 is 6.18 Å². The van der Waals surface area contributed by atoms with Crippen LogP contribution in [0.4, 0.5) is 27.9 Å². The fraction of sp³-hybridized carbons (Fsp3) is 0.250. The molecule has 1 aromatic heterocycles. The summed E-state index contributed by atoms with van der Waals surface area (Å²) >= 11 is 0. The summed E-state index contributed by atoms with van der Waals surface area (Å²) in [6.45, 7) is 3.14. The van der Waals surface area contributed by atoms with Gasteiger partial charge in [-0.2, -0.15) is 18.4 Å². The van der Waals surface area contributed by atoms with Crippen LogP contribution in [-0.4, -0.2) is 28.6 Å². The van der Waals surface area contributed by atoms with Crippen molar-refractivity contribution in [3.8, 4) is 28.5 Å². The molecule has 0 aliphatic carbocycles. The van der Waals surface area contributed by atoms with Crippen LogP contribution in [0, 0.1) is 23.0 Å². The summed E-state index contributed by atoms with van der Waals surface area (Å²) in [7, 11) is 0. The Hall–Kier alpha value is -4.10. The first-order valence-corrected chi connectivity index (χ1v) is 11.9. The number of aromatic nitrogens is 2. The molecule has 1 aliphatic rings. The lowest BCUT2D eigenvalue weighted by Gasteiger charge is -2.36. The molecule has 3 aromatic carbocycles. The number of nitrogens with zero attached hydrogens (tertiary/aromatic N) is 4. The van der Waals surface area contributed by atoms with Gasteiger partial charge in [0.15, 0.2) is 0 Å². The average molecular weight is 524 g/mol. The molecule has 5 nitrogen and oxygen atoms in total. The van der Waals surface area contributed by atoms with Crippen LogP contribution in [0.25, 0.3) is 33.3 Å². The van der Waals surface area contributed by atoms with E-state index in [9.17, 15) is 22.0 Å². The highest BCUT2D eigenvalue weighted by atomic mass is 19.4. The maximum atomic E-state index is 14.8. The molecule has 0 unspecified atom stereocenters. The smallest absolute Gasteiger partial charge is 0.341 e. The van der Waals surface area contributed by atoms with Crippen molar-refractivity contribution in [2.45, 2.75) is 31.5 Å². The van der Waals surface area contributed by atoms with Crippen LogP contribution in [0.3, 0.4) is 0 Å². The zero-order valence-corrected chi connectivity index (χ0v) is 20.3. The minimum Gasteiger partial charge on any atom is -0.341 e. The molecule has 1 saturated heterocycles. The molecular formula is C28H22F5N5. The molecule has 1 fully saturated rings. The summed E-state index contributed by atoms with van der Waals surface area (Å²) in [6, 6.07) is 12.8. The van der Waals surface area contributed by atoms with Crippen molar-refractivity contribution in [2.24, 2.45) is 5.73 Å². The second-order valence-corrected chi connectivity index (χ2v) is 9.71. The molecule has 2 heterocycles. The summed E-state index contributed by atoms with van der Waals surface area (Å²) < 4.78 is 70.5. The first-order valence-electron chi connectivity index (χ1n) is 11.9. The van der Waals surface area contributed by atoms with Crippen LogP contribution in [0.1, 0.15) is 30.9 Å². The summed E-state index contributed by atoms with van der Waals surface area (Å²) in [5, 5.41) is 9.44. The molecule has 0 radical (unpaired) electrons. The molecule has 4 aromatic rings. The van der Waals surface area contributed by atoms with Gasteiger partial charge < -0.3 is 10.6 Å². The summed E-state index contributed by atoms with van der Waals surface area (Å²) in [5.74, 6) is -1.43. The van der Waals surface area contributed by atoms with Gasteiger partial charge in [-0.3, -0.25) is 0 Å². The van der Waals surface area contributed by atoms with Crippen molar-refractivity contribution in [3.05, 3.63) is 77.4 Å². The van der Waals surface area contributed by atoms with E-state index < -0.39 is 28.9 Å². The van der Waals surface area contributed by atoms with E-state index in [0.29, 0.717) is 48.3 Å². The standard InChI is InChI=1S/C28H22F5N5/c1-27(35)9-11-38(12-10-27)26-36-23-8-7-16(24-20(28(31,32)33)3-2-4-21(24)29)13-19(23)25(37-26)17-5-6-18(15-34)22(30)14-17/h2-8,13-14H,9-12,35H2,1H3. The Bertz CT molecular complexity index is 1580. The van der Waals surface area contributed by atoms with Crippen molar-refractivity contribution < 1.29 is 22.0 Å². The Kier molecular flexibility index (Phi) is 6.27. The normalized spacial score (nSPS) is 15.5. The SMILES string of the molecule is CC1(N)CCN(c2nc(-c3ccc(C#N)c(F)c3)c3cc(-c4c(F)cccc4C(F)(F)F)ccc3n2)CC1. The third kappa shape index (κ3) is 4.77. The maximum Gasteiger partial charge on any atom is 0.417 e. The predicted octanol–water partition coefficient (Wildman–Crippen LogP) is 6.45. The Labute approximate surface area is 215 Å².